The van der Waals surface area contributed by atoms with Gasteiger partial charge in [0.25, 0.3) is 0 Å². The van der Waals surface area contributed by atoms with Gasteiger partial charge in [-0.05, 0) is 24.3 Å². The topological polar surface area (TPSA) is 49.8 Å². The lowest BCUT2D eigenvalue weighted by molar-refractivity contribution is 0.611. The van der Waals surface area contributed by atoms with E-state index < -0.39 is 5.82 Å². The molecule has 2 rings (SSSR count). The molecule has 2 aromatic heterocycles. The Kier molecular flexibility index (Phi) is 5.29. The maximum absolute atomic E-state index is 13.8. The predicted octanol–water partition coefficient (Wildman–Crippen LogP) is 4.06. The van der Waals surface area contributed by atoms with E-state index in [2.05, 4.69) is 34.4 Å². The van der Waals surface area contributed by atoms with Crippen LogP contribution in [0.25, 0.3) is 0 Å². The first-order chi connectivity index (χ1) is 9.74. The van der Waals surface area contributed by atoms with Crippen LogP contribution in [0.3, 0.4) is 0 Å². The summed E-state index contributed by atoms with van der Waals surface area (Å²) >= 11 is 1.65. The van der Waals surface area contributed by atoms with Crippen LogP contribution < -0.4 is 10.6 Å². The molecule has 1 unspecified atom stereocenters. The largest absolute Gasteiger partial charge is 0.360 e. The van der Waals surface area contributed by atoms with Crippen LogP contribution in [0.2, 0.25) is 0 Å². The summed E-state index contributed by atoms with van der Waals surface area (Å²) in [5.41, 5.74) is 0. The highest BCUT2D eigenvalue weighted by atomic mass is 32.1. The second-order valence-electron chi connectivity index (χ2n) is 4.44. The van der Waals surface area contributed by atoms with E-state index in [9.17, 15) is 4.39 Å². The van der Waals surface area contributed by atoms with Crippen LogP contribution in [-0.4, -0.2) is 16.5 Å². The lowest BCUT2D eigenvalue weighted by Gasteiger charge is -2.17. The number of nitrogens with zero attached hydrogens (tertiary/aromatic N) is 2. The number of rotatable bonds is 7. The lowest BCUT2D eigenvalue weighted by atomic mass is 10.2. The van der Waals surface area contributed by atoms with Gasteiger partial charge in [-0.2, -0.15) is 4.98 Å². The van der Waals surface area contributed by atoms with Gasteiger partial charge in [0.1, 0.15) is 0 Å². The fraction of sp³-hybridized carbons (Fsp3) is 0.429. The number of anilines is 2. The molecule has 1 atom stereocenters. The van der Waals surface area contributed by atoms with E-state index in [1.165, 1.54) is 11.1 Å². The third-order valence-electron chi connectivity index (χ3n) is 2.88. The van der Waals surface area contributed by atoms with Gasteiger partial charge in [-0.25, -0.2) is 9.37 Å². The third-order valence-corrected chi connectivity index (χ3v) is 3.87. The summed E-state index contributed by atoms with van der Waals surface area (Å²) in [5.74, 6) is 0.276. The molecule has 2 aromatic rings. The first-order valence-electron chi connectivity index (χ1n) is 6.81. The second kappa shape index (κ2) is 7.19. The van der Waals surface area contributed by atoms with Gasteiger partial charge in [0.2, 0.25) is 5.95 Å². The third kappa shape index (κ3) is 3.66. The Labute approximate surface area is 122 Å². The second-order valence-corrected chi connectivity index (χ2v) is 5.42. The zero-order valence-electron chi connectivity index (χ0n) is 11.7. The standard InChI is InChI=1S/C14H19FN4S/c1-3-7-16-14-17-9-10(15)13(19-14)18-11(4-2)12-6-5-8-20-12/h5-6,8-9,11H,3-4,7H2,1-2H3,(H2,16,17,18,19). The van der Waals surface area contributed by atoms with Crippen molar-refractivity contribution in [2.45, 2.75) is 32.7 Å². The van der Waals surface area contributed by atoms with Crippen molar-refractivity contribution in [3.63, 3.8) is 0 Å². The Bertz CT molecular complexity index is 530. The van der Waals surface area contributed by atoms with Crippen molar-refractivity contribution in [1.82, 2.24) is 9.97 Å². The Balaban J connectivity index is 2.14. The van der Waals surface area contributed by atoms with Crippen molar-refractivity contribution in [1.29, 1.82) is 0 Å². The molecule has 108 valence electrons. The number of hydrogen-bond donors (Lipinski definition) is 2. The van der Waals surface area contributed by atoms with Gasteiger partial charge in [-0.3, -0.25) is 0 Å². The van der Waals surface area contributed by atoms with Gasteiger partial charge in [-0.15, -0.1) is 11.3 Å². The Morgan fingerprint density at radius 3 is 2.90 bits per heavy atom. The highest BCUT2D eigenvalue weighted by Crippen LogP contribution is 2.26. The van der Waals surface area contributed by atoms with E-state index in [0.717, 1.165) is 19.4 Å². The molecule has 2 heterocycles. The molecule has 0 aliphatic carbocycles. The molecule has 0 amide bonds. The lowest BCUT2D eigenvalue weighted by Crippen LogP contribution is -2.13. The number of nitrogens with one attached hydrogen (secondary N) is 2. The summed E-state index contributed by atoms with van der Waals surface area (Å²) in [6.07, 6.45) is 3.03. The number of halogens is 1. The first kappa shape index (κ1) is 14.7. The smallest absolute Gasteiger partial charge is 0.224 e. The SMILES string of the molecule is CCCNc1ncc(F)c(NC(CC)c2cccs2)n1. The van der Waals surface area contributed by atoms with Crippen molar-refractivity contribution in [3.05, 3.63) is 34.4 Å². The maximum Gasteiger partial charge on any atom is 0.224 e. The van der Waals surface area contributed by atoms with Crippen molar-refractivity contribution >= 4 is 23.1 Å². The van der Waals surface area contributed by atoms with Gasteiger partial charge in [0, 0.05) is 11.4 Å². The van der Waals surface area contributed by atoms with Gasteiger partial charge in [0.05, 0.1) is 12.2 Å². The zero-order valence-corrected chi connectivity index (χ0v) is 12.5. The molecule has 0 radical (unpaired) electrons. The predicted molar refractivity (Wildman–Crippen MR) is 81.7 cm³/mol. The molecule has 6 heteroatoms. The van der Waals surface area contributed by atoms with Crippen LogP contribution in [0.5, 0.6) is 0 Å². The summed E-state index contributed by atoms with van der Waals surface area (Å²) in [5, 5.41) is 8.24. The summed E-state index contributed by atoms with van der Waals surface area (Å²) in [6, 6.07) is 4.11. The average Bonchev–Trinajstić information content (AvgIpc) is 2.99. The van der Waals surface area contributed by atoms with E-state index in [1.807, 2.05) is 17.5 Å². The molecular weight excluding hydrogens is 275 g/mol. The van der Waals surface area contributed by atoms with Gasteiger partial charge in [-0.1, -0.05) is 19.9 Å². The minimum atomic E-state index is -0.429. The van der Waals surface area contributed by atoms with Crippen LogP contribution in [0.15, 0.2) is 23.7 Å². The molecule has 0 aromatic carbocycles. The van der Waals surface area contributed by atoms with Crippen LogP contribution in [-0.2, 0) is 0 Å². The van der Waals surface area contributed by atoms with Crippen LogP contribution in [0.4, 0.5) is 16.2 Å². The van der Waals surface area contributed by atoms with Gasteiger partial charge < -0.3 is 10.6 Å². The minimum Gasteiger partial charge on any atom is -0.360 e. The Morgan fingerprint density at radius 2 is 2.25 bits per heavy atom. The summed E-state index contributed by atoms with van der Waals surface area (Å²) < 4.78 is 13.8. The fourth-order valence-electron chi connectivity index (χ4n) is 1.82. The van der Waals surface area contributed by atoms with Crippen molar-refractivity contribution in [2.75, 3.05) is 17.2 Å². The van der Waals surface area contributed by atoms with Crippen molar-refractivity contribution < 1.29 is 4.39 Å². The van der Waals surface area contributed by atoms with E-state index in [1.54, 1.807) is 11.3 Å². The number of thiophene rings is 1. The van der Waals surface area contributed by atoms with Gasteiger partial charge >= 0.3 is 0 Å². The molecule has 4 nitrogen and oxygen atoms in total. The quantitative estimate of drug-likeness (QED) is 0.808. The molecule has 0 aliphatic heterocycles. The van der Waals surface area contributed by atoms with E-state index >= 15 is 0 Å². The fourth-order valence-corrected chi connectivity index (χ4v) is 2.68. The van der Waals surface area contributed by atoms with Gasteiger partial charge in [0.15, 0.2) is 11.6 Å². The average molecular weight is 294 g/mol. The minimum absolute atomic E-state index is 0.0680. The monoisotopic (exact) mass is 294 g/mol. The van der Waals surface area contributed by atoms with Crippen LogP contribution in [0, 0.1) is 5.82 Å². The van der Waals surface area contributed by atoms with Crippen molar-refractivity contribution in [2.24, 2.45) is 0 Å². The summed E-state index contributed by atoms with van der Waals surface area (Å²) in [6.45, 7) is 4.89. The normalized spacial score (nSPS) is 12.2. The summed E-state index contributed by atoms with van der Waals surface area (Å²) in [7, 11) is 0. The molecule has 0 aliphatic rings. The van der Waals surface area contributed by atoms with Crippen molar-refractivity contribution in [3.8, 4) is 0 Å². The van der Waals surface area contributed by atoms with E-state index in [4.69, 9.17) is 0 Å². The molecule has 0 bridgehead atoms. The number of hydrogen-bond acceptors (Lipinski definition) is 5. The molecule has 2 N–H and O–H groups in total. The zero-order chi connectivity index (χ0) is 14.4. The first-order valence-corrected chi connectivity index (χ1v) is 7.68. The Hall–Kier alpha value is -1.69. The van der Waals surface area contributed by atoms with Crippen LogP contribution >= 0.6 is 11.3 Å². The summed E-state index contributed by atoms with van der Waals surface area (Å²) in [4.78, 5) is 9.32. The molecule has 0 fully saturated rings. The van der Waals surface area contributed by atoms with E-state index in [-0.39, 0.29) is 11.9 Å². The number of aromatic nitrogens is 2. The van der Waals surface area contributed by atoms with Crippen LogP contribution in [0.1, 0.15) is 37.6 Å². The highest BCUT2D eigenvalue weighted by molar-refractivity contribution is 7.10. The molecule has 0 saturated heterocycles. The Morgan fingerprint density at radius 1 is 1.40 bits per heavy atom. The highest BCUT2D eigenvalue weighted by Gasteiger charge is 2.14. The maximum atomic E-state index is 13.8. The molecular formula is C14H19FN4S. The molecule has 20 heavy (non-hydrogen) atoms. The molecule has 0 spiro atoms. The molecule has 0 saturated carbocycles. The van der Waals surface area contributed by atoms with E-state index in [0.29, 0.717) is 5.95 Å².